The predicted molar refractivity (Wildman–Crippen MR) is 104 cm³/mol. The Morgan fingerprint density at radius 1 is 1.15 bits per heavy atom. The lowest BCUT2D eigenvalue weighted by atomic mass is 10.2. The number of carbonyl (C=O) groups is 1. The Labute approximate surface area is 160 Å². The molecule has 3 rings (SSSR count). The molecule has 2 aromatic rings. The molecule has 8 heteroatoms. The number of amides is 1. The summed E-state index contributed by atoms with van der Waals surface area (Å²) in [6.45, 7) is 5.51. The molecule has 27 heavy (non-hydrogen) atoms. The second kappa shape index (κ2) is 8.16. The summed E-state index contributed by atoms with van der Waals surface area (Å²) >= 11 is 0. The van der Waals surface area contributed by atoms with Crippen LogP contribution in [0.15, 0.2) is 53.7 Å². The molecule has 7 nitrogen and oxygen atoms in total. The molecule has 1 aliphatic rings. The van der Waals surface area contributed by atoms with Crippen LogP contribution >= 0.6 is 0 Å². The van der Waals surface area contributed by atoms with Gasteiger partial charge in [0.15, 0.2) is 0 Å². The first-order valence-electron chi connectivity index (χ1n) is 8.90. The number of sulfonamides is 1. The van der Waals surface area contributed by atoms with Crippen LogP contribution in [0.4, 0.5) is 5.69 Å². The van der Waals surface area contributed by atoms with Crippen molar-refractivity contribution in [1.29, 1.82) is 0 Å². The summed E-state index contributed by atoms with van der Waals surface area (Å²) in [6, 6.07) is 10.5. The van der Waals surface area contributed by atoms with Gasteiger partial charge in [0.1, 0.15) is 4.90 Å². The Morgan fingerprint density at radius 3 is 2.52 bits per heavy atom. The van der Waals surface area contributed by atoms with Gasteiger partial charge in [-0.1, -0.05) is 12.1 Å². The third kappa shape index (κ3) is 4.52. The molecule has 1 aromatic carbocycles. The number of nitrogens with zero attached hydrogens (tertiary/aromatic N) is 3. The summed E-state index contributed by atoms with van der Waals surface area (Å²) in [7, 11) is -3.54. The zero-order valence-corrected chi connectivity index (χ0v) is 16.3. The molecule has 0 saturated carbocycles. The van der Waals surface area contributed by atoms with Crippen LogP contribution in [0.1, 0.15) is 12.5 Å². The normalized spacial score (nSPS) is 17.4. The molecule has 1 unspecified atom stereocenters. The Bertz CT molecular complexity index is 894. The Kier molecular flexibility index (Phi) is 5.88. The van der Waals surface area contributed by atoms with Gasteiger partial charge in [-0.3, -0.25) is 14.7 Å². The molecule has 0 bridgehead atoms. The van der Waals surface area contributed by atoms with Gasteiger partial charge in [-0.2, -0.15) is 4.31 Å². The number of nitrogens with one attached hydrogen (secondary N) is 1. The minimum Gasteiger partial charge on any atom is -0.325 e. The van der Waals surface area contributed by atoms with Gasteiger partial charge in [0.2, 0.25) is 15.9 Å². The summed E-state index contributed by atoms with van der Waals surface area (Å²) in [6.07, 6.45) is 2.91. The SMILES string of the molecule is Cc1cccc(NC(=O)C(C)N2CCN(S(=O)(=O)c3cccnc3)CC2)c1. The topological polar surface area (TPSA) is 82.6 Å². The monoisotopic (exact) mass is 388 g/mol. The van der Waals surface area contributed by atoms with Crippen molar-refractivity contribution in [1.82, 2.24) is 14.2 Å². The maximum atomic E-state index is 12.7. The number of aryl methyl sites for hydroxylation is 1. The largest absolute Gasteiger partial charge is 0.325 e. The molecule has 1 aromatic heterocycles. The second-order valence-electron chi connectivity index (χ2n) is 6.66. The molecule has 1 saturated heterocycles. The summed E-state index contributed by atoms with van der Waals surface area (Å²) in [5.74, 6) is -0.0934. The first-order chi connectivity index (χ1) is 12.9. The van der Waals surface area contributed by atoms with Crippen LogP contribution in [-0.2, 0) is 14.8 Å². The van der Waals surface area contributed by atoms with Crippen LogP contribution in [0.5, 0.6) is 0 Å². The van der Waals surface area contributed by atoms with E-state index in [1.165, 1.54) is 10.5 Å². The Morgan fingerprint density at radius 2 is 1.89 bits per heavy atom. The van der Waals surface area contributed by atoms with Crippen molar-refractivity contribution in [2.75, 3.05) is 31.5 Å². The number of pyridine rings is 1. The van der Waals surface area contributed by atoms with Gasteiger partial charge in [-0.25, -0.2) is 8.42 Å². The number of hydrogen-bond acceptors (Lipinski definition) is 5. The summed E-state index contributed by atoms with van der Waals surface area (Å²) in [5.41, 5.74) is 1.85. The van der Waals surface area contributed by atoms with Gasteiger partial charge in [-0.05, 0) is 43.7 Å². The van der Waals surface area contributed by atoms with Gasteiger partial charge < -0.3 is 5.32 Å². The Hall–Kier alpha value is -2.29. The number of benzene rings is 1. The lowest BCUT2D eigenvalue weighted by Crippen LogP contribution is -2.53. The number of hydrogen-bond donors (Lipinski definition) is 1. The van der Waals surface area contributed by atoms with Crippen molar-refractivity contribution in [3.05, 3.63) is 54.4 Å². The van der Waals surface area contributed by atoms with E-state index >= 15 is 0 Å². The average Bonchev–Trinajstić information content (AvgIpc) is 2.68. The molecular weight excluding hydrogens is 364 g/mol. The van der Waals surface area contributed by atoms with Crippen LogP contribution in [-0.4, -0.2) is 60.7 Å². The van der Waals surface area contributed by atoms with Crippen LogP contribution in [0.25, 0.3) is 0 Å². The second-order valence-corrected chi connectivity index (χ2v) is 8.60. The molecule has 0 aliphatic carbocycles. The van der Waals surface area contributed by atoms with E-state index in [-0.39, 0.29) is 16.8 Å². The summed E-state index contributed by atoms with van der Waals surface area (Å²) < 4.78 is 26.8. The number of anilines is 1. The first-order valence-corrected chi connectivity index (χ1v) is 10.3. The summed E-state index contributed by atoms with van der Waals surface area (Å²) in [4.78, 5) is 18.6. The highest BCUT2D eigenvalue weighted by Crippen LogP contribution is 2.18. The van der Waals surface area contributed by atoms with Crippen LogP contribution in [0.2, 0.25) is 0 Å². The van der Waals surface area contributed by atoms with Gasteiger partial charge in [-0.15, -0.1) is 0 Å². The molecule has 1 atom stereocenters. The van der Waals surface area contributed by atoms with Crippen molar-refractivity contribution in [2.45, 2.75) is 24.8 Å². The van der Waals surface area contributed by atoms with E-state index < -0.39 is 10.0 Å². The predicted octanol–water partition coefficient (Wildman–Crippen LogP) is 1.72. The highest BCUT2D eigenvalue weighted by molar-refractivity contribution is 7.89. The zero-order chi connectivity index (χ0) is 19.4. The third-order valence-electron chi connectivity index (χ3n) is 4.76. The molecule has 1 aliphatic heterocycles. The lowest BCUT2D eigenvalue weighted by molar-refractivity contribution is -0.121. The van der Waals surface area contributed by atoms with E-state index in [1.54, 1.807) is 18.3 Å². The highest BCUT2D eigenvalue weighted by Gasteiger charge is 2.31. The van der Waals surface area contributed by atoms with E-state index in [9.17, 15) is 13.2 Å². The number of rotatable bonds is 5. The van der Waals surface area contributed by atoms with Crippen molar-refractivity contribution in [2.24, 2.45) is 0 Å². The van der Waals surface area contributed by atoms with Crippen molar-refractivity contribution in [3.8, 4) is 0 Å². The maximum absolute atomic E-state index is 12.7. The highest BCUT2D eigenvalue weighted by atomic mass is 32.2. The van der Waals surface area contributed by atoms with E-state index in [0.717, 1.165) is 11.3 Å². The average molecular weight is 388 g/mol. The molecule has 1 amide bonds. The first kappa shape index (κ1) is 19.5. The van der Waals surface area contributed by atoms with E-state index in [0.29, 0.717) is 26.2 Å². The van der Waals surface area contributed by atoms with E-state index in [2.05, 4.69) is 10.3 Å². The standard InChI is InChI=1S/C19H24N4O3S/c1-15-5-3-6-17(13-15)21-19(24)16(2)22-9-11-23(12-10-22)27(25,26)18-7-4-8-20-14-18/h3-8,13-14,16H,9-12H2,1-2H3,(H,21,24). The van der Waals surface area contributed by atoms with Crippen molar-refractivity contribution < 1.29 is 13.2 Å². The molecule has 0 spiro atoms. The molecule has 1 N–H and O–H groups in total. The molecular formula is C19H24N4O3S. The van der Waals surface area contributed by atoms with Crippen LogP contribution < -0.4 is 5.32 Å². The van der Waals surface area contributed by atoms with Crippen LogP contribution in [0, 0.1) is 6.92 Å². The third-order valence-corrected chi connectivity index (χ3v) is 6.64. The molecule has 144 valence electrons. The molecule has 2 heterocycles. The van der Waals surface area contributed by atoms with Gasteiger partial charge in [0, 0.05) is 44.3 Å². The molecule has 0 radical (unpaired) electrons. The minimum absolute atomic E-state index is 0.0934. The van der Waals surface area contributed by atoms with Gasteiger partial charge >= 0.3 is 0 Å². The van der Waals surface area contributed by atoms with E-state index in [1.807, 2.05) is 43.0 Å². The number of carbonyl (C=O) groups excluding carboxylic acids is 1. The lowest BCUT2D eigenvalue weighted by Gasteiger charge is -2.36. The van der Waals surface area contributed by atoms with Gasteiger partial charge in [0.05, 0.1) is 6.04 Å². The van der Waals surface area contributed by atoms with Crippen molar-refractivity contribution in [3.63, 3.8) is 0 Å². The summed E-state index contributed by atoms with van der Waals surface area (Å²) in [5, 5.41) is 2.93. The molecule has 1 fully saturated rings. The Balaban J connectivity index is 1.59. The minimum atomic E-state index is -3.54. The maximum Gasteiger partial charge on any atom is 0.244 e. The van der Waals surface area contributed by atoms with E-state index in [4.69, 9.17) is 0 Å². The smallest absolute Gasteiger partial charge is 0.244 e. The zero-order valence-electron chi connectivity index (χ0n) is 15.5. The fraction of sp³-hybridized carbons (Fsp3) is 0.368. The van der Waals surface area contributed by atoms with Crippen LogP contribution in [0.3, 0.4) is 0 Å². The van der Waals surface area contributed by atoms with Crippen molar-refractivity contribution >= 4 is 21.6 Å². The number of piperazine rings is 1. The number of aromatic nitrogens is 1. The van der Waals surface area contributed by atoms with Gasteiger partial charge in [0.25, 0.3) is 0 Å². The fourth-order valence-corrected chi connectivity index (χ4v) is 4.50. The fourth-order valence-electron chi connectivity index (χ4n) is 3.12. The quantitative estimate of drug-likeness (QED) is 0.843.